The predicted molar refractivity (Wildman–Crippen MR) is 109 cm³/mol. The van der Waals surface area contributed by atoms with Crippen LogP contribution in [0.4, 0.5) is 0 Å². The average molecular weight is 406 g/mol. The number of hydrogen-bond donors (Lipinski definition) is 3. The Kier molecular flexibility index (Phi) is 20.4. The molecule has 0 aliphatic carbocycles. The van der Waals surface area contributed by atoms with E-state index in [0.717, 1.165) is 0 Å². The minimum atomic E-state index is -0.167. The first-order valence-corrected chi connectivity index (χ1v) is 9.10. The molecule has 1 heterocycles. The number of nitrogens with zero attached hydrogens (tertiary/aromatic N) is 1. The summed E-state index contributed by atoms with van der Waals surface area (Å²) >= 11 is 0. The van der Waals surface area contributed by atoms with Crippen LogP contribution in [0.25, 0.3) is 0 Å². The smallest absolute Gasteiger partial charge is 0.0483 e. The van der Waals surface area contributed by atoms with E-state index in [0.29, 0.717) is 0 Å². The van der Waals surface area contributed by atoms with E-state index in [-0.39, 0.29) is 50.9 Å². The van der Waals surface area contributed by atoms with Gasteiger partial charge in [0.25, 0.3) is 0 Å². The van der Waals surface area contributed by atoms with Crippen molar-refractivity contribution in [3.8, 4) is 0 Å². The quantitative estimate of drug-likeness (QED) is 0.559. The molecule has 0 saturated carbocycles. The summed E-state index contributed by atoms with van der Waals surface area (Å²) in [4.78, 5) is 4.65. The molecule has 3 N–H and O–H groups in total. The minimum absolute atomic E-state index is 0. The first-order valence-electron chi connectivity index (χ1n) is 9.10. The second-order valence-corrected chi connectivity index (χ2v) is 9.00. The Balaban J connectivity index is -0.000000155. The molecule has 156 valence electrons. The van der Waals surface area contributed by atoms with E-state index >= 15 is 0 Å². The molecule has 1 aromatic rings. The van der Waals surface area contributed by atoms with Crippen LogP contribution < -0.4 is 4.98 Å². The van der Waals surface area contributed by atoms with Crippen LogP contribution in [-0.4, -0.2) is 33.6 Å². The Morgan fingerprint density at radius 1 is 0.615 bits per heavy atom. The van der Waals surface area contributed by atoms with Crippen LogP contribution in [0.3, 0.4) is 0 Å². The van der Waals surface area contributed by atoms with E-state index in [4.69, 9.17) is 15.3 Å². The van der Waals surface area contributed by atoms with Gasteiger partial charge in [0, 0.05) is 40.0 Å². The van der Waals surface area contributed by atoms with Crippen LogP contribution in [-0.2, 0) is 32.5 Å². The third-order valence-electron chi connectivity index (χ3n) is 2.18. The normalized spacial score (nSPS) is 10.8. The maximum atomic E-state index is 8.06. The van der Waals surface area contributed by atoms with Gasteiger partial charge in [-0.2, -0.15) is 11.4 Å². The van der Waals surface area contributed by atoms with Crippen molar-refractivity contribution in [1.82, 2.24) is 4.98 Å². The molecule has 0 aliphatic heterocycles. The van der Waals surface area contributed by atoms with Crippen molar-refractivity contribution in [2.75, 3.05) is 0 Å². The molecule has 0 aliphatic rings. The van der Waals surface area contributed by atoms with Crippen molar-refractivity contribution < 1.29 is 37.0 Å². The molecule has 0 radical (unpaired) electrons. The van der Waals surface area contributed by atoms with Crippen LogP contribution >= 0.6 is 0 Å². The number of aliphatic hydroxyl groups excluding tert-OH is 3. The molecule has 0 amide bonds. The first kappa shape index (κ1) is 33.5. The van der Waals surface area contributed by atoms with Crippen molar-refractivity contribution >= 4 is 0 Å². The molecule has 0 atom stereocenters. The molecule has 0 aromatic carbocycles. The predicted octanol–water partition coefficient (Wildman–Crippen LogP) is 4.40. The van der Waals surface area contributed by atoms with Gasteiger partial charge in [-0.05, 0) is 52.4 Å². The maximum Gasteiger partial charge on any atom is 0.0483 e. The fraction of sp³-hybridized carbons (Fsp3) is 0.810. The summed E-state index contributed by atoms with van der Waals surface area (Å²) in [6.45, 7) is 23.5. The van der Waals surface area contributed by atoms with E-state index in [2.05, 4.69) is 58.7 Å². The Labute approximate surface area is 177 Å². The van der Waals surface area contributed by atoms with Gasteiger partial charge in [-0.3, -0.25) is 0 Å². The largest absolute Gasteiger partial charge is 0.664 e. The molecule has 1 rings (SSSR count). The van der Waals surface area contributed by atoms with Gasteiger partial charge in [-0.25, -0.2) is 0 Å². The fourth-order valence-electron chi connectivity index (χ4n) is 1.20. The fourth-order valence-corrected chi connectivity index (χ4v) is 1.20. The second kappa shape index (κ2) is 15.9. The van der Waals surface area contributed by atoms with Crippen molar-refractivity contribution in [3.63, 3.8) is 0 Å². The summed E-state index contributed by atoms with van der Waals surface area (Å²) < 4.78 is 0. The van der Waals surface area contributed by atoms with Gasteiger partial charge in [0.1, 0.15) is 0 Å². The zero-order valence-electron chi connectivity index (χ0n) is 19.2. The van der Waals surface area contributed by atoms with E-state index in [9.17, 15) is 0 Å². The van der Waals surface area contributed by atoms with Crippen molar-refractivity contribution in [1.29, 1.82) is 0 Å². The van der Waals surface area contributed by atoms with Crippen LogP contribution in [0.5, 0.6) is 0 Å². The maximum absolute atomic E-state index is 8.06. The topological polar surface area (TPSA) is 74.8 Å². The molecule has 0 saturated heterocycles. The zero-order valence-corrected chi connectivity index (χ0v) is 20.7. The van der Waals surface area contributed by atoms with E-state index in [1.165, 1.54) is 11.4 Å². The Bertz CT molecular complexity index is 363. The number of hydrogen-bond acceptors (Lipinski definition) is 3. The molecule has 26 heavy (non-hydrogen) atoms. The van der Waals surface area contributed by atoms with Gasteiger partial charge in [-0.1, -0.05) is 53.7 Å². The molecule has 0 bridgehead atoms. The Hall–Kier alpha value is -0.126. The van der Waals surface area contributed by atoms with E-state index in [1.807, 2.05) is 0 Å². The van der Waals surface area contributed by atoms with Crippen LogP contribution in [0, 0.1) is 0 Å². The molecular weight excluding hydrogens is 362 g/mol. The number of rotatable bonds is 0. The van der Waals surface area contributed by atoms with Crippen LogP contribution in [0.2, 0.25) is 0 Å². The summed E-state index contributed by atoms with van der Waals surface area (Å²) in [5.41, 5.74) is 2.72. The van der Waals surface area contributed by atoms with Gasteiger partial charge in [0.05, 0.1) is 0 Å². The zero-order chi connectivity index (χ0) is 21.0. The number of aliphatic hydroxyl groups is 3. The molecule has 1 aromatic heterocycles. The van der Waals surface area contributed by atoms with Crippen LogP contribution in [0.15, 0.2) is 12.1 Å². The van der Waals surface area contributed by atoms with Gasteiger partial charge in [0.15, 0.2) is 0 Å². The molecule has 0 spiro atoms. The molecule has 4 nitrogen and oxygen atoms in total. The average Bonchev–Trinajstić information content (AvgIpc) is 2.73. The van der Waals surface area contributed by atoms with E-state index in [1.54, 1.807) is 41.5 Å². The summed E-state index contributed by atoms with van der Waals surface area (Å²) in [7, 11) is 0. The Morgan fingerprint density at radius 3 is 0.846 bits per heavy atom. The molecule has 5 heteroatoms. The first-order chi connectivity index (χ1) is 10.9. The summed E-state index contributed by atoms with van der Waals surface area (Å²) in [6, 6.07) is 4.28. The van der Waals surface area contributed by atoms with Crippen molar-refractivity contribution in [2.45, 2.75) is 112 Å². The SMILES string of the molecule is CC(C)(C)c1ccc(C(C)(C)C)[n-]1.CC(C)O.CC(C)O.CC(C)O.[Ti]. The van der Waals surface area contributed by atoms with Gasteiger partial charge in [-0.15, -0.1) is 0 Å². The van der Waals surface area contributed by atoms with Gasteiger partial charge < -0.3 is 20.3 Å². The van der Waals surface area contributed by atoms with Gasteiger partial charge in [0.2, 0.25) is 0 Å². The third-order valence-corrected chi connectivity index (χ3v) is 2.18. The third kappa shape index (κ3) is 28.7. The van der Waals surface area contributed by atoms with Crippen LogP contribution in [0.1, 0.15) is 94.5 Å². The van der Waals surface area contributed by atoms with Gasteiger partial charge >= 0.3 is 0 Å². The molecular formula is C21H44NO3Ti-. The summed E-state index contributed by atoms with van der Waals surface area (Å²) in [6.07, 6.45) is -0.500. The molecule has 0 fully saturated rings. The second-order valence-electron chi connectivity index (χ2n) is 9.00. The summed E-state index contributed by atoms with van der Waals surface area (Å²) in [5.74, 6) is 0. The molecule has 0 unspecified atom stereocenters. The minimum Gasteiger partial charge on any atom is -0.664 e. The Morgan fingerprint density at radius 2 is 0.769 bits per heavy atom. The van der Waals surface area contributed by atoms with E-state index < -0.39 is 0 Å². The standard InChI is InChI=1S/C12H20N.3C3H8O.Ti/c1-11(2,3)9-7-8-10(13-9)12(4,5)6;3*1-3(2)4;/h7-8H,1-6H3;3*3-4H,1-2H3;/q-1;;;;. The monoisotopic (exact) mass is 406 g/mol. The summed E-state index contributed by atoms with van der Waals surface area (Å²) in [5, 5.41) is 24.2. The number of aromatic nitrogens is 1. The van der Waals surface area contributed by atoms with Crippen molar-refractivity contribution in [2.24, 2.45) is 0 Å². The van der Waals surface area contributed by atoms with Crippen molar-refractivity contribution in [3.05, 3.63) is 23.5 Å².